The first kappa shape index (κ1) is 22.0. The largest absolute Gasteiger partial charge is 0.490 e. The van der Waals surface area contributed by atoms with Crippen LogP contribution in [0.5, 0.6) is 5.75 Å². The Bertz CT molecular complexity index is 697. The molecule has 3 N–H and O–H groups in total. The Balaban J connectivity index is 0.00000312. The molecule has 1 saturated carbocycles. The maximum absolute atomic E-state index is 12.4. The fourth-order valence-electron chi connectivity index (χ4n) is 2.73. The summed E-state index contributed by atoms with van der Waals surface area (Å²) in [6.07, 6.45) is 4.50. The Morgan fingerprint density at radius 1 is 1.40 bits per heavy atom. The molecule has 0 heterocycles. The molecule has 142 valence electrons. The normalized spacial score (nSPS) is 20.4. The van der Waals surface area contributed by atoms with Crippen LogP contribution in [0.4, 0.5) is 5.69 Å². The minimum absolute atomic E-state index is 0. The lowest BCUT2D eigenvalue weighted by Gasteiger charge is -2.26. The smallest absolute Gasteiger partial charge is 0.227 e. The number of halogens is 2. The number of carbonyl (C=O) groups excluding carboxylic acids is 1. The van der Waals surface area contributed by atoms with Crippen molar-refractivity contribution in [3.63, 3.8) is 0 Å². The minimum Gasteiger partial charge on any atom is -0.490 e. The topological polar surface area (TPSA) is 98.5 Å². The first-order valence-electron chi connectivity index (χ1n) is 7.91. The van der Waals surface area contributed by atoms with Crippen molar-refractivity contribution in [1.82, 2.24) is 0 Å². The van der Waals surface area contributed by atoms with Gasteiger partial charge in [-0.2, -0.15) is 0 Å². The number of nitrogens with two attached hydrogens (primary N) is 1. The summed E-state index contributed by atoms with van der Waals surface area (Å²) in [6.45, 7) is 0.0115. The van der Waals surface area contributed by atoms with E-state index in [1.165, 1.54) is 0 Å². The van der Waals surface area contributed by atoms with Crippen LogP contribution in [0.2, 0.25) is 5.02 Å². The summed E-state index contributed by atoms with van der Waals surface area (Å²) < 4.78 is 27.9. The maximum Gasteiger partial charge on any atom is 0.227 e. The van der Waals surface area contributed by atoms with E-state index >= 15 is 0 Å². The number of anilines is 1. The van der Waals surface area contributed by atoms with Gasteiger partial charge in [0.1, 0.15) is 12.4 Å². The van der Waals surface area contributed by atoms with E-state index in [2.05, 4.69) is 5.32 Å². The molecular weight excluding hydrogens is 387 g/mol. The predicted molar refractivity (Wildman–Crippen MR) is 102 cm³/mol. The number of benzene rings is 1. The first-order chi connectivity index (χ1) is 11.2. The summed E-state index contributed by atoms with van der Waals surface area (Å²) in [5, 5.41) is 3.30. The molecule has 2 atom stereocenters. The summed E-state index contributed by atoms with van der Waals surface area (Å²) in [5.74, 6) is 0.0639. The van der Waals surface area contributed by atoms with E-state index in [1.54, 1.807) is 18.2 Å². The molecule has 1 aliphatic rings. The monoisotopic (exact) mass is 410 g/mol. The zero-order valence-electron chi connectivity index (χ0n) is 14.0. The van der Waals surface area contributed by atoms with Crippen molar-refractivity contribution in [3.05, 3.63) is 23.2 Å². The van der Waals surface area contributed by atoms with Gasteiger partial charge in [0.25, 0.3) is 0 Å². The van der Waals surface area contributed by atoms with Crippen molar-refractivity contribution in [3.8, 4) is 5.75 Å². The third-order valence-corrected chi connectivity index (χ3v) is 5.14. The number of carbonyl (C=O) groups is 1. The van der Waals surface area contributed by atoms with Gasteiger partial charge in [0.05, 0.1) is 11.4 Å². The van der Waals surface area contributed by atoms with Gasteiger partial charge in [-0.25, -0.2) is 8.42 Å². The lowest BCUT2D eigenvalue weighted by atomic mass is 9.85. The van der Waals surface area contributed by atoms with Gasteiger partial charge in [-0.1, -0.05) is 18.0 Å². The van der Waals surface area contributed by atoms with Gasteiger partial charge in [-0.3, -0.25) is 4.79 Å². The molecule has 0 aromatic heterocycles. The average Bonchev–Trinajstić information content (AvgIpc) is 2.48. The number of ether oxygens (including phenoxy) is 1. The van der Waals surface area contributed by atoms with Crippen molar-refractivity contribution in [2.24, 2.45) is 11.7 Å². The van der Waals surface area contributed by atoms with Crippen LogP contribution in [-0.4, -0.2) is 39.0 Å². The number of nitrogens with one attached hydrogen (secondary N) is 1. The SMILES string of the molecule is CS(=O)(=O)CCOc1ccc(Cl)cc1NC(=O)C1CCCC(N)C1.Cl. The van der Waals surface area contributed by atoms with Crippen LogP contribution in [0, 0.1) is 5.92 Å². The molecule has 0 bridgehead atoms. The maximum atomic E-state index is 12.4. The molecular formula is C16H24Cl2N2O4S. The van der Waals surface area contributed by atoms with Crippen LogP contribution in [0.25, 0.3) is 0 Å². The quantitative estimate of drug-likeness (QED) is 0.750. The summed E-state index contributed by atoms with van der Waals surface area (Å²) >= 11 is 5.99. The van der Waals surface area contributed by atoms with Crippen LogP contribution in [0.1, 0.15) is 25.7 Å². The molecule has 1 aromatic rings. The second kappa shape index (κ2) is 9.62. The second-order valence-electron chi connectivity index (χ2n) is 6.23. The van der Waals surface area contributed by atoms with Crippen LogP contribution in [0.15, 0.2) is 18.2 Å². The second-order valence-corrected chi connectivity index (χ2v) is 8.93. The number of amides is 1. The van der Waals surface area contributed by atoms with E-state index in [9.17, 15) is 13.2 Å². The van der Waals surface area contributed by atoms with Gasteiger partial charge in [-0.05, 0) is 37.5 Å². The van der Waals surface area contributed by atoms with Crippen LogP contribution in [0.3, 0.4) is 0 Å². The Morgan fingerprint density at radius 2 is 2.12 bits per heavy atom. The van der Waals surface area contributed by atoms with Crippen molar-refractivity contribution >= 4 is 45.4 Å². The molecule has 25 heavy (non-hydrogen) atoms. The van der Waals surface area contributed by atoms with Gasteiger partial charge < -0.3 is 15.8 Å². The van der Waals surface area contributed by atoms with Gasteiger partial charge in [-0.15, -0.1) is 12.4 Å². The molecule has 0 spiro atoms. The number of sulfone groups is 1. The van der Waals surface area contributed by atoms with E-state index in [-0.39, 0.29) is 42.6 Å². The average molecular weight is 411 g/mol. The van der Waals surface area contributed by atoms with Gasteiger partial charge in [0.2, 0.25) is 5.91 Å². The van der Waals surface area contributed by atoms with Crippen LogP contribution >= 0.6 is 24.0 Å². The van der Waals surface area contributed by atoms with Crippen LogP contribution in [-0.2, 0) is 14.6 Å². The summed E-state index contributed by atoms with van der Waals surface area (Å²) in [5.41, 5.74) is 6.38. The highest BCUT2D eigenvalue weighted by atomic mass is 35.5. The molecule has 9 heteroatoms. The molecule has 0 aliphatic heterocycles. The first-order valence-corrected chi connectivity index (χ1v) is 10.3. The molecule has 6 nitrogen and oxygen atoms in total. The third-order valence-electron chi connectivity index (χ3n) is 4.00. The summed E-state index contributed by atoms with van der Waals surface area (Å²) in [4.78, 5) is 12.4. The van der Waals surface area contributed by atoms with E-state index in [1.807, 2.05) is 0 Å². The molecule has 1 aromatic carbocycles. The number of hydrogen-bond acceptors (Lipinski definition) is 5. The van der Waals surface area contributed by atoms with E-state index in [0.29, 0.717) is 22.9 Å². The Morgan fingerprint density at radius 3 is 2.76 bits per heavy atom. The Kier molecular flexibility index (Phi) is 8.47. The van der Waals surface area contributed by atoms with Crippen LogP contribution < -0.4 is 15.8 Å². The fourth-order valence-corrected chi connectivity index (χ4v) is 3.29. The van der Waals surface area contributed by atoms with Gasteiger partial charge in [0, 0.05) is 23.2 Å². The third kappa shape index (κ3) is 7.40. The predicted octanol–water partition coefficient (Wildman–Crippen LogP) is 2.64. The number of hydrogen-bond donors (Lipinski definition) is 2. The molecule has 1 amide bonds. The van der Waals surface area contributed by atoms with E-state index < -0.39 is 9.84 Å². The lowest BCUT2D eigenvalue weighted by molar-refractivity contribution is -0.120. The summed E-state index contributed by atoms with van der Waals surface area (Å²) in [7, 11) is -3.11. The van der Waals surface area contributed by atoms with Crippen molar-refractivity contribution in [1.29, 1.82) is 0 Å². The molecule has 1 aliphatic carbocycles. The standard InChI is InChI=1S/C16H23ClN2O4S.ClH/c1-24(21,22)8-7-23-15-6-5-12(17)10-14(15)19-16(20)11-3-2-4-13(18)9-11;/h5-6,10-11,13H,2-4,7-9,18H2,1H3,(H,19,20);1H. The zero-order chi connectivity index (χ0) is 17.7. The highest BCUT2D eigenvalue weighted by Crippen LogP contribution is 2.30. The molecule has 0 radical (unpaired) electrons. The fraction of sp³-hybridized carbons (Fsp3) is 0.562. The highest BCUT2D eigenvalue weighted by molar-refractivity contribution is 7.90. The lowest BCUT2D eigenvalue weighted by Crippen LogP contribution is -2.34. The van der Waals surface area contributed by atoms with E-state index in [0.717, 1.165) is 25.5 Å². The molecule has 2 unspecified atom stereocenters. The molecule has 1 fully saturated rings. The van der Waals surface area contributed by atoms with Gasteiger partial charge >= 0.3 is 0 Å². The van der Waals surface area contributed by atoms with Crippen molar-refractivity contribution < 1.29 is 17.9 Å². The van der Waals surface area contributed by atoms with E-state index in [4.69, 9.17) is 22.1 Å². The van der Waals surface area contributed by atoms with Gasteiger partial charge in [0.15, 0.2) is 9.84 Å². The number of rotatable bonds is 6. The summed E-state index contributed by atoms with van der Waals surface area (Å²) in [6, 6.07) is 4.90. The highest BCUT2D eigenvalue weighted by Gasteiger charge is 2.26. The Hall–Kier alpha value is -1.02. The molecule has 0 saturated heterocycles. The molecule has 2 rings (SSSR count). The van der Waals surface area contributed by atoms with Crippen molar-refractivity contribution in [2.45, 2.75) is 31.7 Å². The zero-order valence-corrected chi connectivity index (χ0v) is 16.4. The Labute approximate surface area is 159 Å². The van der Waals surface area contributed by atoms with Crippen molar-refractivity contribution in [2.75, 3.05) is 23.9 Å². The minimum atomic E-state index is -3.11.